The van der Waals surface area contributed by atoms with Crippen molar-refractivity contribution in [3.63, 3.8) is 0 Å². The van der Waals surface area contributed by atoms with Gasteiger partial charge in [0.1, 0.15) is 17.2 Å². The quantitative estimate of drug-likeness (QED) is 0.536. The Morgan fingerprint density at radius 2 is 1.57 bits per heavy atom. The molecule has 1 saturated heterocycles. The maximum absolute atomic E-state index is 13.6. The lowest BCUT2D eigenvalue weighted by Gasteiger charge is -2.40. The molecular formula is C25H24F3N3O4. The van der Waals surface area contributed by atoms with Crippen LogP contribution in [0.25, 0.3) is 0 Å². The number of aliphatic hydroxyl groups is 1. The minimum Gasteiger partial charge on any atom is -0.378 e. The molecule has 7 nitrogen and oxygen atoms in total. The topological polar surface area (TPSA) is 95.4 Å². The first-order chi connectivity index (χ1) is 16.7. The third-order valence-corrected chi connectivity index (χ3v) is 6.38. The van der Waals surface area contributed by atoms with Crippen molar-refractivity contribution in [2.45, 2.75) is 43.9 Å². The van der Waals surface area contributed by atoms with Crippen molar-refractivity contribution in [2.75, 3.05) is 6.54 Å². The molecule has 0 bridgehead atoms. The van der Waals surface area contributed by atoms with Gasteiger partial charge in [0.25, 0.3) is 5.56 Å². The number of likely N-dealkylation sites (tertiary alicyclic amines) is 1. The molecular weight excluding hydrogens is 463 g/mol. The molecule has 0 spiro atoms. The Hall–Kier alpha value is -3.66. The number of hydrogen-bond donors (Lipinski definition) is 2. The second-order valence-corrected chi connectivity index (χ2v) is 8.56. The van der Waals surface area contributed by atoms with Gasteiger partial charge < -0.3 is 10.0 Å². The number of benzene rings is 2. The normalized spacial score (nSPS) is 16.0. The van der Waals surface area contributed by atoms with E-state index in [4.69, 9.17) is 0 Å². The van der Waals surface area contributed by atoms with E-state index in [0.717, 1.165) is 10.8 Å². The molecule has 1 amide bonds. The van der Waals surface area contributed by atoms with E-state index in [-0.39, 0.29) is 25.3 Å². The van der Waals surface area contributed by atoms with Crippen LogP contribution in [0, 0.1) is 17.5 Å². The highest BCUT2D eigenvalue weighted by molar-refractivity contribution is 5.77. The fraction of sp³-hybridized carbons (Fsp3) is 0.320. The molecule has 2 N–H and O–H groups in total. The lowest BCUT2D eigenvalue weighted by atomic mass is 9.79. The zero-order valence-electron chi connectivity index (χ0n) is 18.7. The number of aryl methyl sites for hydroxylation is 1. The van der Waals surface area contributed by atoms with E-state index in [1.807, 2.05) is 4.98 Å². The van der Waals surface area contributed by atoms with Crippen LogP contribution in [0.4, 0.5) is 13.2 Å². The number of amides is 1. The Morgan fingerprint density at radius 3 is 2.14 bits per heavy atom. The second kappa shape index (κ2) is 9.91. The van der Waals surface area contributed by atoms with Crippen molar-refractivity contribution in [3.8, 4) is 0 Å². The molecule has 3 aromatic rings. The van der Waals surface area contributed by atoms with Crippen molar-refractivity contribution in [2.24, 2.45) is 0 Å². The zero-order valence-corrected chi connectivity index (χ0v) is 18.7. The van der Waals surface area contributed by atoms with Crippen molar-refractivity contribution >= 4 is 5.91 Å². The number of aromatic nitrogens is 2. The summed E-state index contributed by atoms with van der Waals surface area (Å²) in [7, 11) is 0. The second-order valence-electron chi connectivity index (χ2n) is 8.56. The van der Waals surface area contributed by atoms with Gasteiger partial charge in [0.2, 0.25) is 11.7 Å². The van der Waals surface area contributed by atoms with Crippen LogP contribution in [0.5, 0.6) is 0 Å². The van der Waals surface area contributed by atoms with Crippen LogP contribution < -0.4 is 11.2 Å². The summed E-state index contributed by atoms with van der Waals surface area (Å²) < 4.78 is 41.7. The Labute approximate surface area is 198 Å². The highest BCUT2D eigenvalue weighted by Crippen LogP contribution is 2.40. The minimum atomic E-state index is -1.72. The van der Waals surface area contributed by atoms with E-state index < -0.39 is 40.3 Å². The van der Waals surface area contributed by atoms with Crippen LogP contribution in [0.2, 0.25) is 0 Å². The van der Waals surface area contributed by atoms with Crippen LogP contribution in [-0.4, -0.2) is 38.1 Å². The Kier molecular flexibility index (Phi) is 6.93. The van der Waals surface area contributed by atoms with Crippen molar-refractivity contribution in [3.05, 3.63) is 104 Å². The minimum absolute atomic E-state index is 0.00655. The maximum atomic E-state index is 13.6. The molecule has 2 heterocycles. The third kappa shape index (κ3) is 4.93. The summed E-state index contributed by atoms with van der Waals surface area (Å²) in [5.41, 5.74) is -2.86. The standard InChI is InChI=1S/C25H24F3N3O4/c26-18-9-5-16(6-10-18)25(35,17-7-11-19(27)12-8-17)21-3-1-14-31(21)22(32)4-2-13-30-15-20(28)23(33)29-24(30)34/h5-12,15,21,35H,1-4,13-14H2,(H,29,33,34)/t21-/m0/s1. The summed E-state index contributed by atoms with van der Waals surface area (Å²) in [4.78, 5) is 39.6. The van der Waals surface area contributed by atoms with Crippen molar-refractivity contribution < 1.29 is 23.1 Å². The van der Waals surface area contributed by atoms with Crippen molar-refractivity contribution in [1.29, 1.82) is 0 Å². The number of H-pyrrole nitrogens is 1. The molecule has 1 aromatic heterocycles. The molecule has 1 fully saturated rings. The third-order valence-electron chi connectivity index (χ3n) is 6.38. The van der Waals surface area contributed by atoms with Gasteiger partial charge in [-0.1, -0.05) is 24.3 Å². The van der Waals surface area contributed by atoms with E-state index in [9.17, 15) is 32.7 Å². The molecule has 0 aliphatic carbocycles. The van der Waals surface area contributed by atoms with Gasteiger partial charge in [-0.3, -0.25) is 19.1 Å². The Balaban J connectivity index is 1.57. The number of halogens is 3. The number of carbonyl (C=O) groups is 1. The fourth-order valence-corrected chi connectivity index (χ4v) is 4.65. The molecule has 2 aromatic carbocycles. The first-order valence-corrected chi connectivity index (χ1v) is 11.2. The van der Waals surface area contributed by atoms with Gasteiger partial charge in [-0.2, -0.15) is 4.39 Å². The Morgan fingerprint density at radius 1 is 1.00 bits per heavy atom. The molecule has 4 rings (SSSR count). The highest BCUT2D eigenvalue weighted by atomic mass is 19.1. The Bertz CT molecular complexity index is 1270. The molecule has 10 heteroatoms. The average Bonchev–Trinajstić information content (AvgIpc) is 3.33. The predicted octanol–water partition coefficient (Wildman–Crippen LogP) is 2.66. The summed E-state index contributed by atoms with van der Waals surface area (Å²) in [5.74, 6) is -2.35. The number of rotatable bonds is 7. The lowest BCUT2D eigenvalue weighted by molar-refractivity contribution is -0.136. The molecule has 184 valence electrons. The monoisotopic (exact) mass is 487 g/mol. The highest BCUT2D eigenvalue weighted by Gasteiger charge is 2.47. The van der Waals surface area contributed by atoms with E-state index >= 15 is 0 Å². The van der Waals surface area contributed by atoms with Crippen LogP contribution in [0.3, 0.4) is 0 Å². The van der Waals surface area contributed by atoms with Gasteiger partial charge in [-0.05, 0) is 54.7 Å². The smallest absolute Gasteiger partial charge is 0.328 e. The van der Waals surface area contributed by atoms with Crippen LogP contribution in [0.1, 0.15) is 36.8 Å². The van der Waals surface area contributed by atoms with E-state index in [1.165, 1.54) is 48.5 Å². The SMILES string of the molecule is O=C(CCCn1cc(F)c(=O)[nH]c1=O)N1CCC[C@H]1C(O)(c1ccc(F)cc1)c1ccc(F)cc1. The largest absolute Gasteiger partial charge is 0.378 e. The van der Waals surface area contributed by atoms with E-state index in [1.54, 1.807) is 4.90 Å². The van der Waals surface area contributed by atoms with Gasteiger partial charge in [-0.15, -0.1) is 0 Å². The van der Waals surface area contributed by atoms with E-state index in [0.29, 0.717) is 30.5 Å². The summed E-state index contributed by atoms with van der Waals surface area (Å²) >= 11 is 0. The number of hydrogen-bond acceptors (Lipinski definition) is 4. The predicted molar refractivity (Wildman–Crippen MR) is 121 cm³/mol. The average molecular weight is 487 g/mol. The molecule has 1 aliphatic heterocycles. The van der Waals surface area contributed by atoms with Crippen LogP contribution in [0.15, 0.2) is 64.3 Å². The van der Waals surface area contributed by atoms with Gasteiger partial charge in [-0.25, -0.2) is 13.6 Å². The van der Waals surface area contributed by atoms with E-state index in [2.05, 4.69) is 0 Å². The van der Waals surface area contributed by atoms with Crippen LogP contribution >= 0.6 is 0 Å². The zero-order chi connectivity index (χ0) is 25.2. The molecule has 1 atom stereocenters. The number of aromatic amines is 1. The van der Waals surface area contributed by atoms with Gasteiger partial charge in [0, 0.05) is 19.5 Å². The van der Waals surface area contributed by atoms with Gasteiger partial charge in [0.15, 0.2) is 0 Å². The molecule has 1 aliphatic rings. The first-order valence-electron chi connectivity index (χ1n) is 11.2. The number of nitrogens with one attached hydrogen (secondary N) is 1. The number of carbonyl (C=O) groups excluding carboxylic acids is 1. The molecule has 35 heavy (non-hydrogen) atoms. The fourth-order valence-electron chi connectivity index (χ4n) is 4.65. The van der Waals surface area contributed by atoms with Crippen LogP contribution in [-0.2, 0) is 16.9 Å². The molecule has 0 saturated carbocycles. The summed E-state index contributed by atoms with van der Waals surface area (Å²) in [6, 6.07) is 9.93. The van der Waals surface area contributed by atoms with Crippen molar-refractivity contribution in [1.82, 2.24) is 14.5 Å². The van der Waals surface area contributed by atoms with Gasteiger partial charge >= 0.3 is 5.69 Å². The molecule has 0 radical (unpaired) electrons. The number of nitrogens with zero attached hydrogens (tertiary/aromatic N) is 2. The summed E-state index contributed by atoms with van der Waals surface area (Å²) in [6.07, 6.45) is 2.07. The summed E-state index contributed by atoms with van der Waals surface area (Å²) in [6.45, 7) is 0.387. The first kappa shape index (κ1) is 24.5. The lowest BCUT2D eigenvalue weighted by Crippen LogP contribution is -2.50. The van der Waals surface area contributed by atoms with Gasteiger partial charge in [0.05, 0.1) is 12.2 Å². The maximum Gasteiger partial charge on any atom is 0.328 e. The molecule has 0 unspecified atom stereocenters. The summed E-state index contributed by atoms with van der Waals surface area (Å²) in [5, 5.41) is 12.0.